The number of rotatable bonds is 6. The monoisotopic (exact) mass is 251 g/mol. The molecule has 1 aromatic rings. The van der Waals surface area contributed by atoms with Gasteiger partial charge in [-0.25, -0.2) is 4.79 Å². The Labute approximate surface area is 106 Å². The molecule has 0 aliphatic rings. The summed E-state index contributed by atoms with van der Waals surface area (Å²) in [6, 6.07) is 8.52. The van der Waals surface area contributed by atoms with E-state index in [0.29, 0.717) is 6.42 Å². The van der Waals surface area contributed by atoms with Crippen LogP contribution in [0.1, 0.15) is 12.5 Å². The van der Waals surface area contributed by atoms with E-state index in [2.05, 4.69) is 5.32 Å². The fourth-order valence-electron chi connectivity index (χ4n) is 1.53. The molecule has 0 spiro atoms. The number of hydrogen-bond donors (Lipinski definition) is 2. The summed E-state index contributed by atoms with van der Waals surface area (Å²) in [7, 11) is 0. The zero-order valence-corrected chi connectivity index (χ0v) is 10.3. The third-order valence-electron chi connectivity index (χ3n) is 2.33. The fourth-order valence-corrected chi connectivity index (χ4v) is 1.53. The minimum absolute atomic E-state index is 0.249. The minimum atomic E-state index is -0.771. The summed E-state index contributed by atoms with van der Waals surface area (Å²) < 4.78 is 4.89. The van der Waals surface area contributed by atoms with E-state index in [9.17, 15) is 9.59 Å². The summed E-state index contributed by atoms with van der Waals surface area (Å²) in [5, 5.41) is 11.1. The largest absolute Gasteiger partial charge is 0.464 e. The first-order chi connectivity index (χ1) is 8.67. The lowest BCUT2D eigenvalue weighted by molar-refractivity contribution is -0.147. The van der Waals surface area contributed by atoms with E-state index in [1.165, 1.54) is 0 Å². The number of amides is 1. The second kappa shape index (κ2) is 7.45. The average Bonchev–Trinajstić information content (AvgIpc) is 2.39. The zero-order valence-electron chi connectivity index (χ0n) is 10.3. The highest BCUT2D eigenvalue weighted by molar-refractivity contribution is 5.85. The van der Waals surface area contributed by atoms with Crippen LogP contribution in [0.5, 0.6) is 0 Å². The maximum Gasteiger partial charge on any atom is 0.328 e. The van der Waals surface area contributed by atoms with E-state index in [0.717, 1.165) is 5.56 Å². The van der Waals surface area contributed by atoms with E-state index < -0.39 is 24.5 Å². The number of aliphatic hydroxyl groups is 1. The van der Waals surface area contributed by atoms with Crippen molar-refractivity contribution in [2.45, 2.75) is 19.4 Å². The van der Waals surface area contributed by atoms with Crippen LogP contribution in [0.15, 0.2) is 30.3 Å². The Morgan fingerprint density at radius 2 is 2.00 bits per heavy atom. The molecule has 1 atom stereocenters. The molecule has 0 bridgehead atoms. The van der Waals surface area contributed by atoms with Crippen LogP contribution in [0.2, 0.25) is 0 Å². The number of ether oxygens (including phenoxy) is 1. The Balaban J connectivity index is 2.71. The molecule has 0 radical (unpaired) electrons. The Bertz CT molecular complexity index is 391. The molecule has 0 saturated heterocycles. The number of carbonyl (C=O) groups is 2. The van der Waals surface area contributed by atoms with Gasteiger partial charge < -0.3 is 15.2 Å². The van der Waals surface area contributed by atoms with Gasteiger partial charge in [-0.15, -0.1) is 0 Å². The number of esters is 1. The number of nitrogens with one attached hydrogen (secondary N) is 1. The molecule has 5 heteroatoms. The van der Waals surface area contributed by atoms with Crippen molar-refractivity contribution in [1.82, 2.24) is 5.32 Å². The van der Waals surface area contributed by atoms with Gasteiger partial charge in [0.25, 0.3) is 0 Å². The van der Waals surface area contributed by atoms with Crippen LogP contribution in [0.25, 0.3) is 0 Å². The lowest BCUT2D eigenvalue weighted by atomic mass is 10.1. The van der Waals surface area contributed by atoms with Crippen molar-refractivity contribution < 1.29 is 19.4 Å². The molecule has 0 aliphatic carbocycles. The van der Waals surface area contributed by atoms with Crippen molar-refractivity contribution in [1.29, 1.82) is 0 Å². The van der Waals surface area contributed by atoms with E-state index in [-0.39, 0.29) is 6.61 Å². The van der Waals surface area contributed by atoms with E-state index in [1.54, 1.807) is 6.92 Å². The maximum absolute atomic E-state index is 11.7. The molecule has 0 saturated carbocycles. The molecule has 2 N–H and O–H groups in total. The van der Waals surface area contributed by atoms with Crippen LogP contribution in [-0.4, -0.2) is 36.2 Å². The number of carbonyl (C=O) groups excluding carboxylic acids is 2. The number of hydrogen-bond acceptors (Lipinski definition) is 4. The highest BCUT2D eigenvalue weighted by Gasteiger charge is 2.21. The van der Waals surface area contributed by atoms with Gasteiger partial charge in [-0.1, -0.05) is 30.3 Å². The van der Waals surface area contributed by atoms with E-state index >= 15 is 0 Å². The van der Waals surface area contributed by atoms with Crippen LogP contribution < -0.4 is 5.32 Å². The van der Waals surface area contributed by atoms with Crippen LogP contribution in [-0.2, 0) is 20.7 Å². The molecule has 0 fully saturated rings. The highest BCUT2D eigenvalue weighted by Crippen LogP contribution is 2.04. The van der Waals surface area contributed by atoms with Gasteiger partial charge in [0.1, 0.15) is 12.6 Å². The first kappa shape index (κ1) is 14.2. The quantitative estimate of drug-likeness (QED) is 0.712. The smallest absolute Gasteiger partial charge is 0.328 e. The van der Waals surface area contributed by atoms with E-state index in [4.69, 9.17) is 9.84 Å². The topological polar surface area (TPSA) is 75.6 Å². The summed E-state index contributed by atoms with van der Waals surface area (Å²) in [5.41, 5.74) is 0.911. The normalized spacial score (nSPS) is 11.7. The zero-order chi connectivity index (χ0) is 13.4. The molecular weight excluding hydrogens is 234 g/mol. The van der Waals surface area contributed by atoms with Crippen molar-refractivity contribution in [3.8, 4) is 0 Å². The van der Waals surface area contributed by atoms with Gasteiger partial charge >= 0.3 is 5.97 Å². The molecule has 0 heterocycles. The third kappa shape index (κ3) is 4.55. The predicted molar refractivity (Wildman–Crippen MR) is 65.8 cm³/mol. The van der Waals surface area contributed by atoms with Crippen LogP contribution in [0.4, 0.5) is 0 Å². The first-order valence-corrected chi connectivity index (χ1v) is 5.78. The van der Waals surface area contributed by atoms with Crippen molar-refractivity contribution in [3.05, 3.63) is 35.9 Å². The van der Waals surface area contributed by atoms with Gasteiger partial charge in [0.15, 0.2) is 0 Å². The van der Waals surface area contributed by atoms with Crippen molar-refractivity contribution in [2.24, 2.45) is 0 Å². The van der Waals surface area contributed by atoms with Gasteiger partial charge in [-0.3, -0.25) is 4.79 Å². The molecule has 0 aromatic heterocycles. The third-order valence-corrected chi connectivity index (χ3v) is 2.33. The molecule has 1 amide bonds. The van der Waals surface area contributed by atoms with Gasteiger partial charge in [-0.2, -0.15) is 0 Å². The summed E-state index contributed by atoms with van der Waals surface area (Å²) >= 11 is 0. The van der Waals surface area contributed by atoms with Gasteiger partial charge in [-0.05, 0) is 12.5 Å². The van der Waals surface area contributed by atoms with Crippen LogP contribution in [0.3, 0.4) is 0 Å². The van der Waals surface area contributed by atoms with Crippen molar-refractivity contribution >= 4 is 11.9 Å². The van der Waals surface area contributed by atoms with Gasteiger partial charge in [0.05, 0.1) is 6.61 Å². The lowest BCUT2D eigenvalue weighted by Gasteiger charge is -2.16. The molecular formula is C13H17NO4. The van der Waals surface area contributed by atoms with Gasteiger partial charge in [0, 0.05) is 6.42 Å². The standard InChI is InChI=1S/C13H17NO4/c1-2-18-13(17)11(14-12(16)9-15)8-10-6-4-3-5-7-10/h3-7,11,15H,2,8-9H2,1H3,(H,14,16). The van der Waals surface area contributed by atoms with E-state index in [1.807, 2.05) is 30.3 Å². The Morgan fingerprint density at radius 1 is 1.33 bits per heavy atom. The molecule has 98 valence electrons. The summed E-state index contributed by atoms with van der Waals surface area (Å²) in [6.45, 7) is 1.30. The molecule has 1 unspecified atom stereocenters. The second-order valence-corrected chi connectivity index (χ2v) is 3.72. The summed E-state index contributed by atoms with van der Waals surface area (Å²) in [6.07, 6.45) is 0.339. The van der Waals surface area contributed by atoms with Crippen molar-refractivity contribution in [3.63, 3.8) is 0 Å². The maximum atomic E-state index is 11.7. The number of benzene rings is 1. The Morgan fingerprint density at radius 3 is 2.56 bits per heavy atom. The molecule has 5 nitrogen and oxygen atoms in total. The summed E-state index contributed by atoms with van der Waals surface area (Å²) in [4.78, 5) is 22.8. The molecule has 1 aromatic carbocycles. The molecule has 18 heavy (non-hydrogen) atoms. The van der Waals surface area contributed by atoms with Crippen LogP contribution in [0, 0.1) is 0 Å². The molecule has 1 rings (SSSR count). The fraction of sp³-hybridized carbons (Fsp3) is 0.385. The van der Waals surface area contributed by atoms with Crippen LogP contribution >= 0.6 is 0 Å². The molecule has 0 aliphatic heterocycles. The average molecular weight is 251 g/mol. The number of aliphatic hydroxyl groups excluding tert-OH is 1. The Kier molecular flexibility index (Phi) is 5.87. The summed E-state index contributed by atoms with van der Waals surface area (Å²) in [5.74, 6) is -1.09. The van der Waals surface area contributed by atoms with Gasteiger partial charge in [0.2, 0.25) is 5.91 Å². The predicted octanol–water partition coefficient (Wildman–Crippen LogP) is 0.269. The second-order valence-electron chi connectivity index (χ2n) is 3.72. The Hall–Kier alpha value is -1.88. The highest BCUT2D eigenvalue weighted by atomic mass is 16.5. The SMILES string of the molecule is CCOC(=O)C(Cc1ccccc1)NC(=O)CO. The van der Waals surface area contributed by atoms with Crippen molar-refractivity contribution in [2.75, 3.05) is 13.2 Å². The lowest BCUT2D eigenvalue weighted by Crippen LogP contribution is -2.44. The first-order valence-electron chi connectivity index (χ1n) is 5.78. The minimum Gasteiger partial charge on any atom is -0.464 e.